The fraction of sp³-hybridized carbons (Fsp3) is 0.688. The van der Waals surface area contributed by atoms with Crippen LogP contribution in [0, 0.1) is 12.3 Å². The van der Waals surface area contributed by atoms with Crippen molar-refractivity contribution in [2.24, 2.45) is 5.41 Å². The summed E-state index contributed by atoms with van der Waals surface area (Å²) >= 11 is 0. The van der Waals surface area contributed by atoms with Crippen LogP contribution in [0.2, 0.25) is 0 Å². The van der Waals surface area contributed by atoms with Crippen molar-refractivity contribution in [3.63, 3.8) is 0 Å². The summed E-state index contributed by atoms with van der Waals surface area (Å²) < 4.78 is 0. The summed E-state index contributed by atoms with van der Waals surface area (Å²) in [6.45, 7) is 11.0. The maximum Gasteiger partial charge on any atom is 0.225 e. The van der Waals surface area contributed by atoms with Crippen LogP contribution in [0.25, 0.3) is 0 Å². The smallest absolute Gasteiger partial charge is 0.225 e. The number of carbonyl (C=O) groups excluding carboxylic acids is 1. The molecule has 1 fully saturated rings. The summed E-state index contributed by atoms with van der Waals surface area (Å²) in [7, 11) is 0. The summed E-state index contributed by atoms with van der Waals surface area (Å²) in [4.78, 5) is 23.0. The number of nitrogens with one attached hydrogen (secondary N) is 2. The van der Waals surface area contributed by atoms with Gasteiger partial charge in [0, 0.05) is 37.7 Å². The van der Waals surface area contributed by atoms with Gasteiger partial charge < -0.3 is 15.5 Å². The Morgan fingerprint density at radius 2 is 1.91 bits per heavy atom. The molecule has 122 valence electrons. The standard InChI is InChI=1S/C16H27N5O/c1-12-19-13(11-14(20-12)21-9-5-6-10-21)17-7-8-18-15(22)16(2,3)4/h11H,5-10H2,1-4H3,(H,18,22)(H,17,19,20). The minimum atomic E-state index is -0.353. The predicted octanol–water partition coefficient (Wildman–Crippen LogP) is 1.96. The SMILES string of the molecule is Cc1nc(NCCNC(=O)C(C)(C)C)cc(N2CCCC2)n1. The van der Waals surface area contributed by atoms with Gasteiger partial charge in [-0.15, -0.1) is 0 Å². The number of aryl methyl sites for hydroxylation is 1. The van der Waals surface area contributed by atoms with Crippen LogP contribution in [-0.2, 0) is 4.79 Å². The van der Waals surface area contributed by atoms with Gasteiger partial charge in [0.15, 0.2) is 0 Å². The zero-order valence-electron chi connectivity index (χ0n) is 14.1. The maximum atomic E-state index is 11.8. The van der Waals surface area contributed by atoms with Crippen LogP contribution in [0.1, 0.15) is 39.4 Å². The fourth-order valence-electron chi connectivity index (χ4n) is 2.38. The van der Waals surface area contributed by atoms with E-state index in [0.29, 0.717) is 13.1 Å². The molecule has 0 radical (unpaired) electrons. The van der Waals surface area contributed by atoms with E-state index < -0.39 is 0 Å². The molecular formula is C16H27N5O. The second-order valence-corrected chi connectivity index (χ2v) is 6.79. The van der Waals surface area contributed by atoms with Gasteiger partial charge in [0.05, 0.1) is 0 Å². The van der Waals surface area contributed by atoms with Crippen molar-refractivity contribution in [2.75, 3.05) is 36.4 Å². The number of anilines is 2. The van der Waals surface area contributed by atoms with E-state index in [2.05, 4.69) is 25.5 Å². The fourth-order valence-corrected chi connectivity index (χ4v) is 2.38. The van der Waals surface area contributed by atoms with Gasteiger partial charge in [0.1, 0.15) is 17.5 Å². The van der Waals surface area contributed by atoms with E-state index in [1.54, 1.807) is 0 Å². The first-order valence-electron chi connectivity index (χ1n) is 7.99. The topological polar surface area (TPSA) is 70.2 Å². The lowest BCUT2D eigenvalue weighted by molar-refractivity contribution is -0.128. The number of hydrogen-bond donors (Lipinski definition) is 2. The lowest BCUT2D eigenvalue weighted by Crippen LogP contribution is -2.37. The zero-order valence-corrected chi connectivity index (χ0v) is 14.1. The molecule has 6 nitrogen and oxygen atoms in total. The van der Waals surface area contributed by atoms with Crippen LogP contribution < -0.4 is 15.5 Å². The van der Waals surface area contributed by atoms with Gasteiger partial charge in [-0.3, -0.25) is 4.79 Å². The van der Waals surface area contributed by atoms with Crippen LogP contribution in [0.3, 0.4) is 0 Å². The first kappa shape index (κ1) is 16.5. The Hall–Kier alpha value is -1.85. The van der Waals surface area contributed by atoms with Crippen molar-refractivity contribution in [3.8, 4) is 0 Å². The van der Waals surface area contributed by atoms with Gasteiger partial charge in [0.2, 0.25) is 5.91 Å². The summed E-state index contributed by atoms with van der Waals surface area (Å²) in [6, 6.07) is 1.99. The highest BCUT2D eigenvalue weighted by molar-refractivity contribution is 5.81. The highest BCUT2D eigenvalue weighted by Crippen LogP contribution is 2.20. The molecule has 2 heterocycles. The number of amides is 1. The molecular weight excluding hydrogens is 278 g/mol. The first-order valence-corrected chi connectivity index (χ1v) is 7.99. The third kappa shape index (κ3) is 4.58. The van der Waals surface area contributed by atoms with Gasteiger partial charge in [-0.2, -0.15) is 0 Å². The van der Waals surface area contributed by atoms with E-state index in [1.165, 1.54) is 12.8 Å². The van der Waals surface area contributed by atoms with Crippen molar-refractivity contribution in [2.45, 2.75) is 40.5 Å². The molecule has 1 aromatic rings. The molecule has 0 aromatic carbocycles. The van der Waals surface area contributed by atoms with Crippen molar-refractivity contribution < 1.29 is 4.79 Å². The average molecular weight is 305 g/mol. The second-order valence-electron chi connectivity index (χ2n) is 6.79. The normalized spacial score (nSPS) is 15.0. The average Bonchev–Trinajstić information content (AvgIpc) is 2.96. The largest absolute Gasteiger partial charge is 0.368 e. The molecule has 0 saturated carbocycles. The van der Waals surface area contributed by atoms with Crippen LogP contribution >= 0.6 is 0 Å². The minimum absolute atomic E-state index is 0.0610. The summed E-state index contributed by atoms with van der Waals surface area (Å²) in [6.07, 6.45) is 2.45. The number of nitrogens with zero attached hydrogens (tertiary/aromatic N) is 3. The molecule has 2 N–H and O–H groups in total. The number of hydrogen-bond acceptors (Lipinski definition) is 5. The molecule has 0 bridgehead atoms. The van der Waals surface area contributed by atoms with Crippen molar-refractivity contribution in [1.29, 1.82) is 0 Å². The lowest BCUT2D eigenvalue weighted by Gasteiger charge is -2.19. The molecule has 0 unspecified atom stereocenters. The van der Waals surface area contributed by atoms with Gasteiger partial charge >= 0.3 is 0 Å². The Bertz CT molecular complexity index is 518. The summed E-state index contributed by atoms with van der Waals surface area (Å²) in [5, 5.41) is 6.19. The van der Waals surface area contributed by atoms with Crippen molar-refractivity contribution in [1.82, 2.24) is 15.3 Å². The van der Waals surface area contributed by atoms with Gasteiger partial charge in [-0.25, -0.2) is 9.97 Å². The van der Waals surface area contributed by atoms with E-state index >= 15 is 0 Å². The van der Waals surface area contributed by atoms with Crippen LogP contribution in [0.4, 0.5) is 11.6 Å². The van der Waals surface area contributed by atoms with E-state index in [-0.39, 0.29) is 11.3 Å². The zero-order chi connectivity index (χ0) is 16.2. The Morgan fingerprint density at radius 3 is 2.55 bits per heavy atom. The Balaban J connectivity index is 1.86. The quantitative estimate of drug-likeness (QED) is 0.814. The van der Waals surface area contributed by atoms with Crippen molar-refractivity contribution in [3.05, 3.63) is 11.9 Å². The highest BCUT2D eigenvalue weighted by Gasteiger charge is 2.20. The molecule has 22 heavy (non-hydrogen) atoms. The van der Waals surface area contributed by atoms with E-state index in [4.69, 9.17) is 0 Å². The number of carbonyl (C=O) groups is 1. The molecule has 6 heteroatoms. The van der Waals surface area contributed by atoms with Crippen LogP contribution in [0.5, 0.6) is 0 Å². The molecule has 1 aliphatic heterocycles. The van der Waals surface area contributed by atoms with E-state index in [0.717, 1.165) is 30.5 Å². The summed E-state index contributed by atoms with van der Waals surface area (Å²) in [5.41, 5.74) is -0.353. The second kappa shape index (κ2) is 6.94. The molecule has 0 aliphatic carbocycles. The molecule has 1 saturated heterocycles. The van der Waals surface area contributed by atoms with Crippen LogP contribution in [-0.4, -0.2) is 42.1 Å². The van der Waals surface area contributed by atoms with Gasteiger partial charge in [0.25, 0.3) is 0 Å². The Kier molecular flexibility index (Phi) is 5.21. The minimum Gasteiger partial charge on any atom is -0.368 e. The molecule has 0 atom stereocenters. The molecule has 2 rings (SSSR count). The monoisotopic (exact) mass is 305 g/mol. The van der Waals surface area contributed by atoms with Gasteiger partial charge in [-0.1, -0.05) is 20.8 Å². The molecule has 1 amide bonds. The van der Waals surface area contributed by atoms with Gasteiger partial charge in [-0.05, 0) is 19.8 Å². The first-order chi connectivity index (χ1) is 10.4. The number of aromatic nitrogens is 2. The third-order valence-electron chi connectivity index (χ3n) is 3.65. The number of rotatable bonds is 5. The van der Waals surface area contributed by atoms with Crippen molar-refractivity contribution >= 4 is 17.5 Å². The Morgan fingerprint density at radius 1 is 1.23 bits per heavy atom. The summed E-state index contributed by atoms with van der Waals surface area (Å²) in [5.74, 6) is 2.64. The molecule has 0 spiro atoms. The van der Waals surface area contributed by atoms with E-state index in [1.807, 2.05) is 33.8 Å². The third-order valence-corrected chi connectivity index (χ3v) is 3.65. The van der Waals surface area contributed by atoms with E-state index in [9.17, 15) is 4.79 Å². The maximum absolute atomic E-state index is 11.8. The Labute approximate surface area is 132 Å². The highest BCUT2D eigenvalue weighted by atomic mass is 16.2. The molecule has 1 aliphatic rings. The predicted molar refractivity (Wildman–Crippen MR) is 89.2 cm³/mol. The molecule has 1 aromatic heterocycles. The lowest BCUT2D eigenvalue weighted by atomic mass is 9.96. The van der Waals surface area contributed by atoms with Crippen LogP contribution in [0.15, 0.2) is 6.07 Å².